The highest BCUT2D eigenvalue weighted by atomic mass is 35.5. The molecule has 116 valence electrons. The van der Waals surface area contributed by atoms with Crippen LogP contribution in [0.2, 0.25) is 5.02 Å². The molecule has 0 spiro atoms. The molecular weight excluding hydrogens is 290 g/mol. The molecule has 1 aliphatic rings. The first kappa shape index (κ1) is 16.3. The van der Waals surface area contributed by atoms with Crippen LogP contribution in [-0.2, 0) is 11.3 Å². The molecule has 0 unspecified atom stereocenters. The molecule has 0 aliphatic carbocycles. The number of carbonyl (C=O) groups is 1. The summed E-state index contributed by atoms with van der Waals surface area (Å²) in [6, 6.07) is 3.24. The zero-order chi connectivity index (χ0) is 15.4. The Kier molecular flexibility index (Phi) is 5.62. The number of phenols is 1. The predicted octanol–water partition coefficient (Wildman–Crippen LogP) is 3.11. The smallest absolute Gasteiger partial charge is 0.163 e. The largest absolute Gasteiger partial charge is 0.507 e. The molecule has 1 heterocycles. The molecule has 21 heavy (non-hydrogen) atoms. The van der Waals surface area contributed by atoms with Gasteiger partial charge in [-0.25, -0.2) is 0 Å². The van der Waals surface area contributed by atoms with Crippen molar-refractivity contribution in [2.75, 3.05) is 26.8 Å². The number of phenolic OH excluding ortho intramolecular Hbond substituents is 1. The summed E-state index contributed by atoms with van der Waals surface area (Å²) in [6.07, 6.45) is 2.15. The van der Waals surface area contributed by atoms with Crippen LogP contribution in [0.25, 0.3) is 0 Å². The summed E-state index contributed by atoms with van der Waals surface area (Å²) >= 11 is 6.04. The summed E-state index contributed by atoms with van der Waals surface area (Å²) in [5.41, 5.74) is 0.985. The maximum absolute atomic E-state index is 11.5. The monoisotopic (exact) mass is 311 g/mol. The van der Waals surface area contributed by atoms with E-state index in [1.54, 1.807) is 6.07 Å². The lowest BCUT2D eigenvalue weighted by Gasteiger charge is -2.27. The van der Waals surface area contributed by atoms with E-state index in [2.05, 4.69) is 4.90 Å². The fraction of sp³-hybridized carbons (Fsp3) is 0.562. The molecule has 0 amide bonds. The van der Waals surface area contributed by atoms with E-state index >= 15 is 0 Å². The highest BCUT2D eigenvalue weighted by Crippen LogP contribution is 2.29. The Morgan fingerprint density at radius 3 is 2.71 bits per heavy atom. The van der Waals surface area contributed by atoms with E-state index in [0.29, 0.717) is 23.0 Å². The molecule has 1 N–H and O–H groups in total. The van der Waals surface area contributed by atoms with Gasteiger partial charge in [0, 0.05) is 36.9 Å². The molecule has 0 aromatic heterocycles. The van der Waals surface area contributed by atoms with Crippen molar-refractivity contribution >= 4 is 17.4 Å². The Morgan fingerprint density at radius 1 is 1.43 bits per heavy atom. The molecule has 1 aromatic rings. The lowest BCUT2D eigenvalue weighted by atomic mass is 9.99. The van der Waals surface area contributed by atoms with Gasteiger partial charge in [-0.05, 0) is 44.9 Å². The molecule has 0 bridgehead atoms. The number of aromatic hydroxyl groups is 1. The van der Waals surface area contributed by atoms with Gasteiger partial charge in [-0.3, -0.25) is 4.79 Å². The molecule has 1 aliphatic heterocycles. The van der Waals surface area contributed by atoms with Gasteiger partial charge >= 0.3 is 0 Å². The van der Waals surface area contributed by atoms with Crippen LogP contribution in [0.4, 0.5) is 0 Å². The van der Waals surface area contributed by atoms with Crippen LogP contribution in [0.1, 0.15) is 35.7 Å². The van der Waals surface area contributed by atoms with Crippen LogP contribution in [0.3, 0.4) is 0 Å². The standard InChI is InChI=1S/C16H22ClNO3/c1-11(19)15-8-14(17)7-13(16(15)20)10-18(2)9-12-3-5-21-6-4-12/h7-8,12,20H,3-6,9-10H2,1-2H3. The molecule has 0 atom stereocenters. The molecule has 2 rings (SSSR count). The molecule has 5 heteroatoms. The number of carbonyl (C=O) groups excluding carboxylic acids is 1. The first-order valence-electron chi connectivity index (χ1n) is 7.26. The van der Waals surface area contributed by atoms with Gasteiger partial charge in [0.2, 0.25) is 0 Å². The van der Waals surface area contributed by atoms with E-state index < -0.39 is 0 Å². The average Bonchev–Trinajstić information content (AvgIpc) is 2.43. The topological polar surface area (TPSA) is 49.8 Å². The van der Waals surface area contributed by atoms with Gasteiger partial charge in [0.25, 0.3) is 0 Å². The molecule has 4 nitrogen and oxygen atoms in total. The number of nitrogens with zero attached hydrogens (tertiary/aromatic N) is 1. The number of rotatable bonds is 5. The predicted molar refractivity (Wildman–Crippen MR) is 83.0 cm³/mol. The molecule has 1 aromatic carbocycles. The molecule has 0 saturated carbocycles. The summed E-state index contributed by atoms with van der Waals surface area (Å²) in [5, 5.41) is 10.7. The lowest BCUT2D eigenvalue weighted by Crippen LogP contribution is -2.29. The van der Waals surface area contributed by atoms with Gasteiger partial charge in [0.05, 0.1) is 5.56 Å². The quantitative estimate of drug-likeness (QED) is 0.849. The van der Waals surface area contributed by atoms with Crippen molar-refractivity contribution in [3.63, 3.8) is 0 Å². The minimum absolute atomic E-state index is 0.0470. The molecule has 0 radical (unpaired) electrons. The zero-order valence-electron chi connectivity index (χ0n) is 12.6. The first-order valence-corrected chi connectivity index (χ1v) is 7.63. The van der Waals surface area contributed by atoms with E-state index in [9.17, 15) is 9.90 Å². The van der Waals surface area contributed by atoms with Crippen molar-refractivity contribution in [3.05, 3.63) is 28.3 Å². The second kappa shape index (κ2) is 7.25. The van der Waals surface area contributed by atoms with Gasteiger partial charge in [0.1, 0.15) is 5.75 Å². The van der Waals surface area contributed by atoms with Crippen molar-refractivity contribution in [2.45, 2.75) is 26.3 Å². The fourth-order valence-electron chi connectivity index (χ4n) is 2.77. The number of ketones is 1. The second-order valence-corrected chi connectivity index (χ2v) is 6.21. The normalized spacial score (nSPS) is 16.4. The number of halogens is 1. The molecule has 1 saturated heterocycles. The van der Waals surface area contributed by atoms with Crippen LogP contribution in [-0.4, -0.2) is 42.6 Å². The Hall–Kier alpha value is -1.10. The van der Waals surface area contributed by atoms with Crippen LogP contribution in [0.5, 0.6) is 5.75 Å². The van der Waals surface area contributed by atoms with Crippen molar-refractivity contribution in [1.82, 2.24) is 4.90 Å². The number of Topliss-reactive ketones (excluding diaryl/α,β-unsaturated/α-hetero) is 1. The summed E-state index contributed by atoms with van der Waals surface area (Å²) in [4.78, 5) is 13.7. The third kappa shape index (κ3) is 4.43. The van der Waals surface area contributed by atoms with Crippen molar-refractivity contribution < 1.29 is 14.6 Å². The van der Waals surface area contributed by atoms with Gasteiger partial charge in [-0.2, -0.15) is 0 Å². The number of ether oxygens (including phenoxy) is 1. The van der Waals surface area contributed by atoms with E-state index in [4.69, 9.17) is 16.3 Å². The number of hydrogen-bond acceptors (Lipinski definition) is 4. The van der Waals surface area contributed by atoms with E-state index in [1.165, 1.54) is 13.0 Å². The maximum Gasteiger partial charge on any atom is 0.163 e. The third-order valence-corrected chi connectivity index (χ3v) is 4.10. The summed E-state index contributed by atoms with van der Waals surface area (Å²) in [7, 11) is 2.02. The van der Waals surface area contributed by atoms with Gasteiger partial charge < -0.3 is 14.7 Å². The average molecular weight is 312 g/mol. The summed E-state index contributed by atoms with van der Waals surface area (Å²) < 4.78 is 5.36. The Bertz CT molecular complexity index is 512. The summed E-state index contributed by atoms with van der Waals surface area (Å²) in [5.74, 6) is 0.492. The number of benzene rings is 1. The van der Waals surface area contributed by atoms with E-state index in [1.807, 2.05) is 7.05 Å². The van der Waals surface area contributed by atoms with Crippen LogP contribution in [0, 0.1) is 5.92 Å². The Balaban J connectivity index is 2.06. The maximum atomic E-state index is 11.5. The highest BCUT2D eigenvalue weighted by molar-refractivity contribution is 6.31. The van der Waals surface area contributed by atoms with Crippen molar-refractivity contribution in [2.24, 2.45) is 5.92 Å². The van der Waals surface area contributed by atoms with Crippen molar-refractivity contribution in [1.29, 1.82) is 0 Å². The first-order chi connectivity index (χ1) is 9.97. The third-order valence-electron chi connectivity index (χ3n) is 3.88. The minimum Gasteiger partial charge on any atom is -0.507 e. The van der Waals surface area contributed by atoms with Crippen molar-refractivity contribution in [3.8, 4) is 5.75 Å². The Labute approximate surface area is 130 Å². The molecular formula is C16H22ClNO3. The number of hydrogen-bond donors (Lipinski definition) is 1. The second-order valence-electron chi connectivity index (χ2n) is 5.77. The fourth-order valence-corrected chi connectivity index (χ4v) is 3.01. The zero-order valence-corrected chi connectivity index (χ0v) is 13.3. The van der Waals surface area contributed by atoms with Gasteiger partial charge in [-0.1, -0.05) is 11.6 Å². The Morgan fingerprint density at radius 2 is 2.10 bits per heavy atom. The van der Waals surface area contributed by atoms with E-state index in [-0.39, 0.29) is 17.1 Å². The molecule has 1 fully saturated rings. The summed E-state index contributed by atoms with van der Waals surface area (Å²) in [6.45, 7) is 4.61. The van der Waals surface area contributed by atoms with Crippen LogP contribution in [0.15, 0.2) is 12.1 Å². The SMILES string of the molecule is CC(=O)c1cc(Cl)cc(CN(C)CC2CCOCC2)c1O. The minimum atomic E-state index is -0.177. The van der Waals surface area contributed by atoms with Crippen LogP contribution >= 0.6 is 11.6 Å². The van der Waals surface area contributed by atoms with Crippen LogP contribution < -0.4 is 0 Å². The van der Waals surface area contributed by atoms with Gasteiger partial charge in [0.15, 0.2) is 5.78 Å². The highest BCUT2D eigenvalue weighted by Gasteiger charge is 2.18. The lowest BCUT2D eigenvalue weighted by molar-refractivity contribution is 0.0549. The van der Waals surface area contributed by atoms with Gasteiger partial charge in [-0.15, -0.1) is 0 Å². The van der Waals surface area contributed by atoms with E-state index in [0.717, 1.165) is 32.6 Å².